The summed E-state index contributed by atoms with van der Waals surface area (Å²) >= 11 is 0. The van der Waals surface area contributed by atoms with Gasteiger partial charge in [0.2, 0.25) is 6.41 Å². The smallest absolute Gasteiger partial charge is 0.336 e. The van der Waals surface area contributed by atoms with Gasteiger partial charge in [-0.05, 0) is 13.3 Å². The first-order chi connectivity index (χ1) is 8.31. The Morgan fingerprint density at radius 3 is 2.44 bits per heavy atom. The zero-order chi connectivity index (χ0) is 14.2. The summed E-state index contributed by atoms with van der Waals surface area (Å²) in [6, 6.07) is 0. The van der Waals surface area contributed by atoms with Gasteiger partial charge in [0, 0.05) is 0 Å². The summed E-state index contributed by atoms with van der Waals surface area (Å²) in [4.78, 5) is 40.4. The molecule has 0 aromatic heterocycles. The first-order valence-electron chi connectivity index (χ1n) is 5.42. The lowest BCUT2D eigenvalue weighted by molar-refractivity contribution is -0.149. The van der Waals surface area contributed by atoms with Crippen molar-refractivity contribution in [1.82, 2.24) is 5.32 Å². The highest BCUT2D eigenvalue weighted by atomic mass is 31.2. The van der Waals surface area contributed by atoms with Crippen molar-refractivity contribution in [2.45, 2.75) is 25.8 Å². The second kappa shape index (κ2) is 7.31. The minimum Gasteiger partial charge on any atom is -0.464 e. The van der Waals surface area contributed by atoms with E-state index in [0.29, 0.717) is 6.42 Å². The van der Waals surface area contributed by atoms with Crippen molar-refractivity contribution < 1.29 is 28.7 Å². The Labute approximate surface area is 105 Å². The van der Waals surface area contributed by atoms with Crippen molar-refractivity contribution in [3.63, 3.8) is 0 Å². The lowest BCUT2D eigenvalue weighted by Crippen LogP contribution is -2.53. The molecule has 1 atom stereocenters. The lowest BCUT2D eigenvalue weighted by Gasteiger charge is -2.27. The maximum atomic E-state index is 11.8. The van der Waals surface area contributed by atoms with E-state index in [2.05, 4.69) is 5.32 Å². The van der Waals surface area contributed by atoms with Crippen molar-refractivity contribution in [2.24, 2.45) is 0 Å². The highest BCUT2D eigenvalue weighted by Gasteiger charge is 2.42. The topological polar surface area (TPSA) is 113 Å². The number of esters is 1. The van der Waals surface area contributed by atoms with Gasteiger partial charge in [-0.15, -0.1) is 0 Å². The largest absolute Gasteiger partial charge is 0.464 e. The molecule has 0 rings (SSSR count). The standard InChI is InChI=1S/C10H18NO6P/c1-3-5-6-10(11-8-12,7-18(14,15)16)9(13)17-4-2/h5-6,8H,3-4,7H2,1-2H3,(H,11,12)(H2,14,15,16). The van der Waals surface area contributed by atoms with Crippen LogP contribution in [-0.2, 0) is 18.9 Å². The molecule has 104 valence electrons. The third-order valence-corrected chi connectivity index (χ3v) is 2.96. The molecule has 0 saturated carbocycles. The van der Waals surface area contributed by atoms with E-state index in [9.17, 15) is 14.2 Å². The number of rotatable bonds is 8. The highest BCUT2D eigenvalue weighted by molar-refractivity contribution is 7.51. The van der Waals surface area contributed by atoms with Crippen LogP contribution in [0.4, 0.5) is 0 Å². The Bertz CT molecular complexity index is 363. The van der Waals surface area contributed by atoms with Crippen LogP contribution < -0.4 is 5.32 Å². The molecule has 0 aromatic carbocycles. The van der Waals surface area contributed by atoms with Gasteiger partial charge >= 0.3 is 13.6 Å². The van der Waals surface area contributed by atoms with Gasteiger partial charge in [0.05, 0.1) is 12.8 Å². The molecular formula is C10H18NO6P. The Kier molecular flexibility index (Phi) is 6.83. The van der Waals surface area contributed by atoms with Gasteiger partial charge < -0.3 is 19.8 Å². The fourth-order valence-corrected chi connectivity index (χ4v) is 2.32. The van der Waals surface area contributed by atoms with Crippen molar-refractivity contribution >= 4 is 20.0 Å². The summed E-state index contributed by atoms with van der Waals surface area (Å²) in [6.07, 6.45) is 2.70. The Hall–Kier alpha value is -1.17. The summed E-state index contributed by atoms with van der Waals surface area (Å²) in [6.45, 7) is 3.39. The van der Waals surface area contributed by atoms with Crippen molar-refractivity contribution in [1.29, 1.82) is 0 Å². The summed E-state index contributed by atoms with van der Waals surface area (Å²) in [5, 5.41) is 2.14. The van der Waals surface area contributed by atoms with E-state index in [0.717, 1.165) is 0 Å². The fraction of sp³-hybridized carbons (Fsp3) is 0.600. The fourth-order valence-electron chi connectivity index (χ4n) is 1.35. The van der Waals surface area contributed by atoms with E-state index in [-0.39, 0.29) is 13.0 Å². The van der Waals surface area contributed by atoms with Gasteiger partial charge in [0.1, 0.15) is 0 Å². The first-order valence-corrected chi connectivity index (χ1v) is 7.22. The lowest BCUT2D eigenvalue weighted by atomic mass is 10.0. The van der Waals surface area contributed by atoms with E-state index in [1.807, 2.05) is 0 Å². The molecule has 18 heavy (non-hydrogen) atoms. The predicted molar refractivity (Wildman–Crippen MR) is 64.9 cm³/mol. The van der Waals surface area contributed by atoms with E-state index in [1.165, 1.54) is 12.2 Å². The molecule has 0 heterocycles. The molecule has 0 aliphatic carbocycles. The van der Waals surface area contributed by atoms with Crippen LogP contribution >= 0.6 is 7.60 Å². The highest BCUT2D eigenvalue weighted by Crippen LogP contribution is 2.39. The van der Waals surface area contributed by atoms with Crippen LogP contribution in [0.1, 0.15) is 20.3 Å². The van der Waals surface area contributed by atoms with Crippen molar-refractivity contribution in [2.75, 3.05) is 12.8 Å². The Morgan fingerprint density at radius 1 is 1.44 bits per heavy atom. The summed E-state index contributed by atoms with van der Waals surface area (Å²) in [7, 11) is -4.51. The molecule has 7 nitrogen and oxygen atoms in total. The number of ether oxygens (including phenoxy) is 1. The number of carbonyl (C=O) groups is 2. The summed E-state index contributed by atoms with van der Waals surface area (Å²) in [5.41, 5.74) is -1.83. The van der Waals surface area contributed by atoms with E-state index in [1.54, 1.807) is 13.8 Å². The molecule has 0 fully saturated rings. The SMILES string of the molecule is CCC=CC(CP(=O)(O)O)(NC=O)C(=O)OCC. The molecule has 8 heteroatoms. The van der Waals surface area contributed by atoms with E-state index < -0.39 is 25.3 Å². The average Bonchev–Trinajstić information content (AvgIpc) is 2.24. The third kappa shape index (κ3) is 5.44. The Morgan fingerprint density at radius 2 is 2.06 bits per heavy atom. The third-order valence-electron chi connectivity index (χ3n) is 2.05. The summed E-state index contributed by atoms with van der Waals surface area (Å²) in [5.74, 6) is -0.898. The second-order valence-electron chi connectivity index (χ2n) is 3.59. The van der Waals surface area contributed by atoms with E-state index in [4.69, 9.17) is 14.5 Å². The van der Waals surface area contributed by atoms with E-state index >= 15 is 0 Å². The number of allylic oxidation sites excluding steroid dienone is 1. The van der Waals surface area contributed by atoms with Gasteiger partial charge in [-0.3, -0.25) is 9.36 Å². The molecular weight excluding hydrogens is 261 g/mol. The van der Waals surface area contributed by atoms with Crippen LogP contribution in [0.15, 0.2) is 12.2 Å². The molecule has 1 amide bonds. The molecule has 0 saturated heterocycles. The van der Waals surface area contributed by atoms with Gasteiger partial charge in [-0.2, -0.15) is 0 Å². The molecule has 3 N–H and O–H groups in total. The van der Waals surface area contributed by atoms with Crippen LogP contribution in [0.3, 0.4) is 0 Å². The number of carbonyl (C=O) groups excluding carboxylic acids is 2. The minimum absolute atomic E-state index is 0.0439. The monoisotopic (exact) mass is 279 g/mol. The van der Waals surface area contributed by atoms with Gasteiger partial charge in [0.15, 0.2) is 5.54 Å². The molecule has 0 spiro atoms. The second-order valence-corrected chi connectivity index (χ2v) is 5.23. The predicted octanol–water partition coefficient (Wildman–Crippen LogP) is 0.178. The molecule has 0 aromatic rings. The van der Waals surface area contributed by atoms with Crippen LogP contribution in [0.5, 0.6) is 0 Å². The molecule has 0 radical (unpaired) electrons. The molecule has 0 bridgehead atoms. The van der Waals surface area contributed by atoms with Crippen molar-refractivity contribution in [3.05, 3.63) is 12.2 Å². The maximum absolute atomic E-state index is 11.8. The quantitative estimate of drug-likeness (QED) is 0.253. The number of hydrogen-bond donors (Lipinski definition) is 3. The summed E-state index contributed by atoms with van der Waals surface area (Å²) < 4.78 is 15.8. The maximum Gasteiger partial charge on any atom is 0.336 e. The molecule has 0 aliphatic heterocycles. The van der Waals surface area contributed by atoms with Gasteiger partial charge in [0.25, 0.3) is 0 Å². The van der Waals surface area contributed by atoms with Gasteiger partial charge in [-0.1, -0.05) is 19.1 Å². The van der Waals surface area contributed by atoms with Gasteiger partial charge in [-0.25, -0.2) is 4.79 Å². The Balaban J connectivity index is 5.40. The number of hydrogen-bond acceptors (Lipinski definition) is 4. The van der Waals surface area contributed by atoms with Crippen LogP contribution in [0.25, 0.3) is 0 Å². The van der Waals surface area contributed by atoms with Crippen LogP contribution in [0.2, 0.25) is 0 Å². The van der Waals surface area contributed by atoms with Crippen molar-refractivity contribution in [3.8, 4) is 0 Å². The average molecular weight is 279 g/mol. The van der Waals surface area contributed by atoms with Crippen LogP contribution in [-0.4, -0.2) is 40.5 Å². The zero-order valence-corrected chi connectivity index (χ0v) is 11.2. The zero-order valence-electron chi connectivity index (χ0n) is 10.3. The molecule has 0 aliphatic rings. The number of amides is 1. The minimum atomic E-state index is -4.51. The first kappa shape index (κ1) is 16.8. The number of nitrogens with one attached hydrogen (secondary N) is 1. The van der Waals surface area contributed by atoms with Crippen LogP contribution in [0, 0.1) is 0 Å². The molecule has 1 unspecified atom stereocenters. The normalized spacial score (nSPS) is 15.1.